The quantitative estimate of drug-likeness (QED) is 0.343. The van der Waals surface area contributed by atoms with Gasteiger partial charge in [0, 0.05) is 11.1 Å². The minimum absolute atomic E-state index is 0.152. The molecule has 1 heterocycles. The van der Waals surface area contributed by atoms with Gasteiger partial charge in [0.2, 0.25) is 5.78 Å². The molecule has 0 amide bonds. The van der Waals surface area contributed by atoms with E-state index in [0.29, 0.717) is 16.3 Å². The van der Waals surface area contributed by atoms with Crippen LogP contribution in [0.1, 0.15) is 26.3 Å². The Labute approximate surface area is 164 Å². The number of Topliss-reactive ketones (excluding diaryl/α,β-unsaturated/α-hetero) is 1. The third kappa shape index (κ3) is 3.66. The van der Waals surface area contributed by atoms with Gasteiger partial charge in [0.05, 0.1) is 11.1 Å². The fourth-order valence-corrected chi connectivity index (χ4v) is 2.93. The molecule has 4 nitrogen and oxygen atoms in total. The Morgan fingerprint density at radius 2 is 1.82 bits per heavy atom. The molecule has 28 heavy (non-hydrogen) atoms. The van der Waals surface area contributed by atoms with E-state index in [1.54, 1.807) is 30.3 Å². The Balaban J connectivity index is 1.55. The first-order valence-corrected chi connectivity index (χ1v) is 8.69. The van der Waals surface area contributed by atoms with Crippen LogP contribution in [-0.2, 0) is 0 Å². The number of hydrogen-bond donors (Lipinski definition) is 0. The molecule has 3 aromatic rings. The van der Waals surface area contributed by atoms with E-state index >= 15 is 0 Å². The minimum atomic E-state index is -0.640. The first-order chi connectivity index (χ1) is 13.5. The number of carbonyl (C=O) groups is 2. The summed E-state index contributed by atoms with van der Waals surface area (Å²) in [6.45, 7) is 0. The molecule has 4 rings (SSSR count). The monoisotopic (exact) mass is 394 g/mol. The molecular weight excluding hydrogens is 383 g/mol. The highest BCUT2D eigenvalue weighted by molar-refractivity contribution is 6.30. The van der Waals surface area contributed by atoms with Gasteiger partial charge in [0.25, 0.3) is 0 Å². The van der Waals surface area contributed by atoms with E-state index in [1.165, 1.54) is 42.5 Å². The normalized spacial score (nSPS) is 13.9. The Morgan fingerprint density at radius 1 is 1.04 bits per heavy atom. The number of carbonyl (C=O) groups excluding carboxylic acids is 2. The summed E-state index contributed by atoms with van der Waals surface area (Å²) in [5, 5.41) is 0.548. The van der Waals surface area contributed by atoms with E-state index in [-0.39, 0.29) is 22.9 Å². The van der Waals surface area contributed by atoms with Crippen LogP contribution < -0.4 is 9.47 Å². The number of rotatable bonds is 3. The Hall–Kier alpha value is -3.44. The van der Waals surface area contributed by atoms with E-state index in [0.717, 1.165) is 5.56 Å². The van der Waals surface area contributed by atoms with Crippen LogP contribution in [0, 0.1) is 5.82 Å². The van der Waals surface area contributed by atoms with Gasteiger partial charge in [-0.05, 0) is 60.2 Å². The Kier molecular flexibility index (Phi) is 4.67. The van der Waals surface area contributed by atoms with Gasteiger partial charge in [-0.1, -0.05) is 23.7 Å². The van der Waals surface area contributed by atoms with Crippen molar-refractivity contribution in [1.82, 2.24) is 0 Å². The maximum Gasteiger partial charge on any atom is 0.343 e. The number of esters is 1. The number of ketones is 1. The second kappa shape index (κ2) is 7.29. The van der Waals surface area contributed by atoms with Crippen LogP contribution in [0.5, 0.6) is 11.5 Å². The van der Waals surface area contributed by atoms with Crippen molar-refractivity contribution in [3.05, 3.63) is 100 Å². The lowest BCUT2D eigenvalue weighted by molar-refractivity contribution is 0.0734. The molecule has 0 bridgehead atoms. The van der Waals surface area contributed by atoms with Crippen molar-refractivity contribution in [2.24, 2.45) is 0 Å². The average molecular weight is 395 g/mol. The van der Waals surface area contributed by atoms with Crippen LogP contribution in [-0.4, -0.2) is 11.8 Å². The fraction of sp³-hybridized carbons (Fsp3) is 0. The van der Waals surface area contributed by atoms with E-state index in [1.807, 2.05) is 0 Å². The highest BCUT2D eigenvalue weighted by Crippen LogP contribution is 2.35. The van der Waals surface area contributed by atoms with Crippen LogP contribution in [0.25, 0.3) is 6.08 Å². The summed E-state index contributed by atoms with van der Waals surface area (Å²) in [6.07, 6.45) is 1.60. The second-order valence-electron chi connectivity index (χ2n) is 6.05. The SMILES string of the molecule is O=C(Oc1ccc2c(c1)O/C(=C/c1cccc(Cl)c1)C2=O)c1ccc(F)cc1. The number of halogens is 2. The van der Waals surface area contributed by atoms with Gasteiger partial charge in [0.15, 0.2) is 5.76 Å². The third-order valence-electron chi connectivity index (χ3n) is 4.08. The Bertz CT molecular complexity index is 1120. The van der Waals surface area contributed by atoms with Crippen molar-refractivity contribution < 1.29 is 23.5 Å². The topological polar surface area (TPSA) is 52.6 Å². The van der Waals surface area contributed by atoms with Gasteiger partial charge < -0.3 is 9.47 Å². The predicted octanol–water partition coefficient (Wildman–Crippen LogP) is 5.31. The second-order valence-corrected chi connectivity index (χ2v) is 6.49. The van der Waals surface area contributed by atoms with Gasteiger partial charge in [-0.15, -0.1) is 0 Å². The van der Waals surface area contributed by atoms with Gasteiger partial charge in [0.1, 0.15) is 17.3 Å². The number of benzene rings is 3. The summed E-state index contributed by atoms with van der Waals surface area (Å²) in [6, 6.07) is 16.5. The van der Waals surface area contributed by atoms with E-state index in [9.17, 15) is 14.0 Å². The van der Waals surface area contributed by atoms with E-state index in [4.69, 9.17) is 21.1 Å². The molecule has 0 fully saturated rings. The lowest BCUT2D eigenvalue weighted by Crippen LogP contribution is -2.08. The summed E-state index contributed by atoms with van der Waals surface area (Å²) in [7, 11) is 0. The maximum atomic E-state index is 13.0. The summed E-state index contributed by atoms with van der Waals surface area (Å²) in [4.78, 5) is 24.7. The molecule has 0 unspecified atom stereocenters. The van der Waals surface area contributed by atoms with Crippen molar-refractivity contribution in [3.8, 4) is 11.5 Å². The van der Waals surface area contributed by atoms with Gasteiger partial charge in [-0.3, -0.25) is 4.79 Å². The molecule has 0 saturated carbocycles. The average Bonchev–Trinajstić information content (AvgIpc) is 2.97. The first-order valence-electron chi connectivity index (χ1n) is 8.31. The van der Waals surface area contributed by atoms with Gasteiger partial charge in [-0.2, -0.15) is 0 Å². The molecule has 3 aromatic carbocycles. The maximum absolute atomic E-state index is 13.0. The summed E-state index contributed by atoms with van der Waals surface area (Å²) >= 11 is 5.96. The minimum Gasteiger partial charge on any atom is -0.452 e. The van der Waals surface area contributed by atoms with Crippen molar-refractivity contribution in [2.45, 2.75) is 0 Å². The summed E-state index contributed by atoms with van der Waals surface area (Å²) in [5.74, 6) is -0.697. The molecule has 6 heteroatoms. The number of allylic oxidation sites excluding steroid dienone is 1. The van der Waals surface area contributed by atoms with Crippen molar-refractivity contribution in [2.75, 3.05) is 0 Å². The van der Waals surface area contributed by atoms with Crippen molar-refractivity contribution in [3.63, 3.8) is 0 Å². The number of ether oxygens (including phenoxy) is 2. The third-order valence-corrected chi connectivity index (χ3v) is 4.31. The van der Waals surface area contributed by atoms with Crippen LogP contribution >= 0.6 is 11.6 Å². The zero-order chi connectivity index (χ0) is 19.7. The highest BCUT2D eigenvalue weighted by Gasteiger charge is 2.28. The smallest absolute Gasteiger partial charge is 0.343 e. The lowest BCUT2D eigenvalue weighted by atomic mass is 10.1. The van der Waals surface area contributed by atoms with Crippen LogP contribution in [0.3, 0.4) is 0 Å². The molecule has 0 radical (unpaired) electrons. The molecule has 0 saturated heterocycles. The van der Waals surface area contributed by atoms with E-state index < -0.39 is 11.8 Å². The molecule has 0 N–H and O–H groups in total. The number of fused-ring (bicyclic) bond motifs is 1. The fourth-order valence-electron chi connectivity index (χ4n) is 2.73. The molecule has 138 valence electrons. The van der Waals surface area contributed by atoms with Crippen molar-refractivity contribution in [1.29, 1.82) is 0 Å². The Morgan fingerprint density at radius 3 is 2.57 bits per heavy atom. The molecule has 1 aliphatic heterocycles. The van der Waals surface area contributed by atoms with Crippen molar-refractivity contribution >= 4 is 29.4 Å². The van der Waals surface area contributed by atoms with Crippen LogP contribution in [0.2, 0.25) is 5.02 Å². The molecule has 0 aromatic heterocycles. The molecule has 0 spiro atoms. The van der Waals surface area contributed by atoms with E-state index in [2.05, 4.69) is 0 Å². The first kappa shape index (κ1) is 17.9. The summed E-state index contributed by atoms with van der Waals surface area (Å²) in [5.41, 5.74) is 1.31. The standard InChI is InChI=1S/C22H12ClFO4/c23-15-3-1-2-13(10-15)11-20-21(25)18-9-8-17(12-19(18)28-20)27-22(26)14-4-6-16(24)7-5-14/h1-12H/b20-11+. The zero-order valence-corrected chi connectivity index (χ0v) is 15.1. The molecule has 0 atom stereocenters. The van der Waals surface area contributed by atoms with Crippen LogP contribution in [0.15, 0.2) is 72.5 Å². The highest BCUT2D eigenvalue weighted by atomic mass is 35.5. The summed E-state index contributed by atoms with van der Waals surface area (Å²) < 4.78 is 23.9. The largest absolute Gasteiger partial charge is 0.452 e. The molecule has 0 aliphatic carbocycles. The molecule has 1 aliphatic rings. The van der Waals surface area contributed by atoms with Crippen LogP contribution in [0.4, 0.5) is 4.39 Å². The lowest BCUT2D eigenvalue weighted by Gasteiger charge is -2.05. The predicted molar refractivity (Wildman–Crippen MR) is 102 cm³/mol. The zero-order valence-electron chi connectivity index (χ0n) is 14.3. The van der Waals surface area contributed by atoms with Gasteiger partial charge >= 0.3 is 5.97 Å². The molecular formula is C22H12ClFO4. The van der Waals surface area contributed by atoms with Gasteiger partial charge in [-0.25, -0.2) is 9.18 Å². The number of hydrogen-bond acceptors (Lipinski definition) is 4.